The third-order valence-electron chi connectivity index (χ3n) is 6.13. The normalized spacial score (nSPS) is 16.8. The number of hydrogen-bond acceptors (Lipinski definition) is 6. The first-order valence-corrected chi connectivity index (χ1v) is 12.3. The van der Waals surface area contributed by atoms with Gasteiger partial charge in [-0.2, -0.15) is 0 Å². The summed E-state index contributed by atoms with van der Waals surface area (Å²) in [6, 6.07) is 6.21. The molecule has 0 spiro atoms. The molecular weight excluding hydrogens is 445 g/mol. The third kappa shape index (κ3) is 6.16. The quantitative estimate of drug-likeness (QED) is 0.544. The van der Waals surface area contributed by atoms with Crippen molar-refractivity contribution in [3.05, 3.63) is 46.7 Å². The number of nitrogens with zero attached hydrogens (tertiary/aromatic N) is 3. The van der Waals surface area contributed by atoms with Gasteiger partial charge in [-0.3, -0.25) is 19.3 Å². The average molecular weight is 474 g/mol. The van der Waals surface area contributed by atoms with E-state index in [0.717, 1.165) is 44.1 Å². The van der Waals surface area contributed by atoms with E-state index in [2.05, 4.69) is 4.98 Å². The molecular formula is C24H28FN3O4S. The topological polar surface area (TPSA) is 79.8 Å². The van der Waals surface area contributed by atoms with Crippen LogP contribution < -0.4 is 4.90 Å². The number of amides is 2. The Balaban J connectivity index is 1.33. The smallest absolute Gasteiger partial charge is 0.312 e. The van der Waals surface area contributed by atoms with Gasteiger partial charge >= 0.3 is 5.97 Å². The summed E-state index contributed by atoms with van der Waals surface area (Å²) in [7, 11) is 0. The fraction of sp³-hybridized carbons (Fsp3) is 0.500. The van der Waals surface area contributed by atoms with E-state index in [9.17, 15) is 18.8 Å². The highest BCUT2D eigenvalue weighted by atomic mass is 32.1. The lowest BCUT2D eigenvalue weighted by molar-refractivity contribution is -0.153. The van der Waals surface area contributed by atoms with E-state index in [1.54, 1.807) is 27.3 Å². The molecule has 0 atom stereocenters. The number of thiazole rings is 1. The van der Waals surface area contributed by atoms with Crippen molar-refractivity contribution >= 4 is 34.3 Å². The second-order valence-corrected chi connectivity index (χ2v) is 9.38. The van der Waals surface area contributed by atoms with E-state index in [1.165, 1.54) is 23.5 Å². The summed E-state index contributed by atoms with van der Waals surface area (Å²) in [6.45, 7) is 0.675. The Morgan fingerprint density at radius 2 is 1.91 bits per heavy atom. The SMILES string of the molecule is O=C(Cc1csc(N2CCCC2=O)n1)OCC(=O)N(Cc1ccc(F)cc1)C1CCCCC1. The highest BCUT2D eigenvalue weighted by molar-refractivity contribution is 7.14. The predicted molar refractivity (Wildman–Crippen MR) is 122 cm³/mol. The molecule has 1 aromatic heterocycles. The molecule has 0 unspecified atom stereocenters. The Labute approximate surface area is 196 Å². The molecule has 2 amide bonds. The van der Waals surface area contributed by atoms with Crippen LogP contribution in [0.1, 0.15) is 56.2 Å². The maximum Gasteiger partial charge on any atom is 0.312 e. The lowest BCUT2D eigenvalue weighted by atomic mass is 9.93. The van der Waals surface area contributed by atoms with Crippen LogP contribution in [0.5, 0.6) is 0 Å². The molecule has 2 fully saturated rings. The Hall–Kier alpha value is -2.81. The first-order chi connectivity index (χ1) is 16.0. The summed E-state index contributed by atoms with van der Waals surface area (Å²) in [5.41, 5.74) is 1.37. The maximum atomic E-state index is 13.3. The highest BCUT2D eigenvalue weighted by Gasteiger charge is 2.27. The summed E-state index contributed by atoms with van der Waals surface area (Å²) in [4.78, 5) is 45.0. The summed E-state index contributed by atoms with van der Waals surface area (Å²) >= 11 is 1.33. The van der Waals surface area contributed by atoms with Crippen molar-refractivity contribution < 1.29 is 23.5 Å². The number of rotatable bonds is 8. The minimum Gasteiger partial charge on any atom is -0.455 e. The van der Waals surface area contributed by atoms with Crippen molar-refractivity contribution in [3.63, 3.8) is 0 Å². The fourth-order valence-electron chi connectivity index (χ4n) is 4.38. The van der Waals surface area contributed by atoms with E-state index in [4.69, 9.17) is 4.74 Å². The van der Waals surface area contributed by atoms with Crippen LogP contribution >= 0.6 is 11.3 Å². The highest BCUT2D eigenvalue weighted by Crippen LogP contribution is 2.26. The predicted octanol–water partition coefficient (Wildman–Crippen LogP) is 3.86. The lowest BCUT2D eigenvalue weighted by Gasteiger charge is -2.34. The van der Waals surface area contributed by atoms with Gasteiger partial charge in [-0.05, 0) is 37.0 Å². The molecule has 7 nitrogen and oxygen atoms in total. The van der Waals surface area contributed by atoms with Crippen LogP contribution in [-0.2, 0) is 32.1 Å². The molecule has 33 heavy (non-hydrogen) atoms. The van der Waals surface area contributed by atoms with Gasteiger partial charge in [-0.25, -0.2) is 9.37 Å². The van der Waals surface area contributed by atoms with Gasteiger partial charge in [0.25, 0.3) is 5.91 Å². The zero-order valence-corrected chi connectivity index (χ0v) is 19.3. The molecule has 0 bridgehead atoms. The number of hydrogen-bond donors (Lipinski definition) is 0. The van der Waals surface area contributed by atoms with Crippen LogP contribution in [0.3, 0.4) is 0 Å². The van der Waals surface area contributed by atoms with Crippen LogP contribution in [0, 0.1) is 5.82 Å². The second-order valence-electron chi connectivity index (χ2n) is 8.55. The monoisotopic (exact) mass is 473 g/mol. The maximum absolute atomic E-state index is 13.3. The van der Waals surface area contributed by atoms with E-state index in [-0.39, 0.29) is 36.7 Å². The molecule has 1 saturated heterocycles. The van der Waals surface area contributed by atoms with Gasteiger partial charge < -0.3 is 9.64 Å². The first-order valence-electron chi connectivity index (χ1n) is 11.4. The van der Waals surface area contributed by atoms with Gasteiger partial charge in [-0.1, -0.05) is 31.4 Å². The molecule has 1 saturated carbocycles. The van der Waals surface area contributed by atoms with Crippen molar-refractivity contribution in [2.75, 3.05) is 18.1 Å². The number of ether oxygens (including phenoxy) is 1. The molecule has 1 aliphatic heterocycles. The van der Waals surface area contributed by atoms with Gasteiger partial charge in [0.05, 0.1) is 12.1 Å². The van der Waals surface area contributed by atoms with Gasteiger partial charge in [0.15, 0.2) is 11.7 Å². The third-order valence-corrected chi connectivity index (χ3v) is 7.04. The van der Waals surface area contributed by atoms with E-state index < -0.39 is 5.97 Å². The van der Waals surface area contributed by atoms with Gasteiger partial charge in [0, 0.05) is 30.9 Å². The van der Waals surface area contributed by atoms with Crippen LogP contribution in [0.2, 0.25) is 0 Å². The number of aromatic nitrogens is 1. The summed E-state index contributed by atoms with van der Waals surface area (Å²) in [5, 5.41) is 2.34. The average Bonchev–Trinajstić information content (AvgIpc) is 3.46. The molecule has 176 valence electrons. The number of esters is 1. The zero-order chi connectivity index (χ0) is 23.2. The molecule has 1 aliphatic carbocycles. The molecule has 0 radical (unpaired) electrons. The summed E-state index contributed by atoms with van der Waals surface area (Å²) in [6.07, 6.45) is 6.39. The molecule has 2 aliphatic rings. The van der Waals surface area contributed by atoms with Crippen LogP contribution in [0.25, 0.3) is 0 Å². The van der Waals surface area contributed by atoms with Crippen LogP contribution in [0.15, 0.2) is 29.6 Å². The van der Waals surface area contributed by atoms with E-state index in [1.807, 2.05) is 0 Å². The zero-order valence-electron chi connectivity index (χ0n) is 18.5. The molecule has 2 heterocycles. The number of anilines is 1. The largest absolute Gasteiger partial charge is 0.455 e. The Morgan fingerprint density at radius 3 is 2.61 bits per heavy atom. The number of benzene rings is 1. The number of carbonyl (C=O) groups is 3. The minimum absolute atomic E-state index is 0.0484. The Bertz CT molecular complexity index is 988. The summed E-state index contributed by atoms with van der Waals surface area (Å²) < 4.78 is 18.6. The van der Waals surface area contributed by atoms with Crippen molar-refractivity contribution in [3.8, 4) is 0 Å². The van der Waals surface area contributed by atoms with Crippen molar-refractivity contribution in [2.24, 2.45) is 0 Å². The van der Waals surface area contributed by atoms with Crippen LogP contribution in [-0.4, -0.2) is 46.9 Å². The van der Waals surface area contributed by atoms with Gasteiger partial charge in [0.1, 0.15) is 5.82 Å². The molecule has 0 N–H and O–H groups in total. The first kappa shape index (κ1) is 23.4. The molecule has 4 rings (SSSR count). The number of carbonyl (C=O) groups excluding carboxylic acids is 3. The molecule has 9 heteroatoms. The molecule has 1 aromatic carbocycles. The van der Waals surface area contributed by atoms with Gasteiger partial charge in [-0.15, -0.1) is 11.3 Å². The fourth-order valence-corrected chi connectivity index (χ4v) is 5.24. The number of halogens is 1. The lowest BCUT2D eigenvalue weighted by Crippen LogP contribution is -2.43. The second kappa shape index (κ2) is 10.9. The molecule has 2 aromatic rings. The van der Waals surface area contributed by atoms with E-state index >= 15 is 0 Å². The Morgan fingerprint density at radius 1 is 1.15 bits per heavy atom. The minimum atomic E-state index is -0.529. The van der Waals surface area contributed by atoms with Crippen molar-refractivity contribution in [1.29, 1.82) is 0 Å². The van der Waals surface area contributed by atoms with Crippen molar-refractivity contribution in [1.82, 2.24) is 9.88 Å². The summed E-state index contributed by atoms with van der Waals surface area (Å²) in [5.74, 6) is -1.05. The van der Waals surface area contributed by atoms with Crippen molar-refractivity contribution in [2.45, 2.75) is 64.0 Å². The Kier molecular flexibility index (Phi) is 7.69. The van der Waals surface area contributed by atoms with Gasteiger partial charge in [0.2, 0.25) is 5.91 Å². The van der Waals surface area contributed by atoms with E-state index in [0.29, 0.717) is 30.3 Å². The van der Waals surface area contributed by atoms with Crippen LogP contribution in [0.4, 0.5) is 9.52 Å². The standard InChI is InChI=1S/C24H28FN3O4S/c25-18-10-8-17(9-11-18)14-28(20-5-2-1-3-6-20)22(30)15-32-23(31)13-19-16-33-24(26-19)27-12-4-7-21(27)29/h8-11,16,20H,1-7,12-15H2.